The number of hydrogen-bond donors (Lipinski definition) is 1. The van der Waals surface area contributed by atoms with Crippen LogP contribution in [0, 0.1) is 32.1 Å². The van der Waals surface area contributed by atoms with Crippen LogP contribution in [0.25, 0.3) is 0 Å². The summed E-state index contributed by atoms with van der Waals surface area (Å²) in [5.41, 5.74) is 1.78. The van der Waals surface area contributed by atoms with Crippen LogP contribution in [0.5, 0.6) is 6.01 Å². The minimum absolute atomic E-state index is 0.175. The molecular weight excluding hydrogens is 366 g/mol. The van der Waals surface area contributed by atoms with E-state index in [0.717, 1.165) is 25.0 Å². The van der Waals surface area contributed by atoms with Gasteiger partial charge >= 0.3 is 6.01 Å². The zero-order chi connectivity index (χ0) is 19.2. The van der Waals surface area contributed by atoms with Crippen molar-refractivity contribution < 1.29 is 13.2 Å². The van der Waals surface area contributed by atoms with Crippen molar-refractivity contribution in [3.05, 3.63) is 29.3 Å². The molecule has 1 saturated carbocycles. The van der Waals surface area contributed by atoms with E-state index in [-0.39, 0.29) is 5.41 Å². The third-order valence-electron chi connectivity index (χ3n) is 5.93. The first-order chi connectivity index (χ1) is 12.8. The first-order valence-electron chi connectivity index (χ1n) is 9.26. The minimum Gasteiger partial charge on any atom is -0.463 e. The monoisotopic (exact) mass is 391 g/mol. The minimum atomic E-state index is -3.57. The molecule has 2 atom stereocenters. The fourth-order valence-electron chi connectivity index (χ4n) is 4.54. The Morgan fingerprint density at radius 3 is 2.89 bits per heavy atom. The lowest BCUT2D eigenvalue weighted by molar-refractivity contribution is 0.125. The van der Waals surface area contributed by atoms with E-state index < -0.39 is 10.0 Å². The van der Waals surface area contributed by atoms with E-state index in [0.29, 0.717) is 47.9 Å². The molecule has 0 spiro atoms. The van der Waals surface area contributed by atoms with Crippen LogP contribution in [-0.2, 0) is 10.0 Å². The van der Waals surface area contributed by atoms with E-state index in [1.54, 1.807) is 24.3 Å². The molecule has 0 radical (unpaired) electrons. The van der Waals surface area contributed by atoms with Crippen LogP contribution in [0.1, 0.15) is 36.3 Å². The van der Waals surface area contributed by atoms with Gasteiger partial charge in [-0.15, -0.1) is 0 Å². The van der Waals surface area contributed by atoms with Crippen molar-refractivity contribution in [1.82, 2.24) is 24.5 Å². The maximum Gasteiger partial charge on any atom is 0.316 e. The zero-order valence-corrected chi connectivity index (χ0v) is 16.7. The summed E-state index contributed by atoms with van der Waals surface area (Å²) in [6.45, 7) is 6.81. The van der Waals surface area contributed by atoms with Crippen molar-refractivity contribution in [1.29, 1.82) is 0 Å². The molecule has 0 aromatic carbocycles. The fraction of sp³-hybridized carbons (Fsp3) is 0.611. The molecule has 27 heavy (non-hydrogen) atoms. The van der Waals surface area contributed by atoms with E-state index in [4.69, 9.17) is 4.74 Å². The second-order valence-electron chi connectivity index (χ2n) is 7.78. The van der Waals surface area contributed by atoms with Crippen LogP contribution < -0.4 is 4.74 Å². The van der Waals surface area contributed by atoms with Gasteiger partial charge in [-0.2, -0.15) is 9.40 Å². The normalized spacial score (nSPS) is 25.7. The van der Waals surface area contributed by atoms with Gasteiger partial charge in [-0.05, 0) is 45.6 Å². The van der Waals surface area contributed by atoms with Crippen molar-refractivity contribution in [3.8, 4) is 6.01 Å². The summed E-state index contributed by atoms with van der Waals surface area (Å²) in [6, 6.07) is 2.18. The van der Waals surface area contributed by atoms with Gasteiger partial charge in [0, 0.05) is 30.4 Å². The molecular formula is C18H25N5O3S. The number of rotatable bonds is 5. The first-order valence-corrected chi connectivity index (χ1v) is 10.7. The smallest absolute Gasteiger partial charge is 0.316 e. The number of ether oxygens (including phenoxy) is 1. The molecule has 1 aliphatic heterocycles. The van der Waals surface area contributed by atoms with Gasteiger partial charge in [-0.3, -0.25) is 5.10 Å². The first kappa shape index (κ1) is 18.4. The van der Waals surface area contributed by atoms with Gasteiger partial charge in [-0.25, -0.2) is 18.4 Å². The van der Waals surface area contributed by atoms with Gasteiger partial charge in [0.2, 0.25) is 10.0 Å². The number of H-pyrrole nitrogens is 1. The highest BCUT2D eigenvalue weighted by Gasteiger charge is 2.53. The molecule has 2 unspecified atom stereocenters. The van der Waals surface area contributed by atoms with Crippen molar-refractivity contribution in [2.24, 2.45) is 11.3 Å². The molecule has 146 valence electrons. The number of hydrogen-bond acceptors (Lipinski definition) is 6. The fourth-order valence-corrected chi connectivity index (χ4v) is 6.45. The van der Waals surface area contributed by atoms with Crippen LogP contribution in [0.3, 0.4) is 0 Å². The quantitative estimate of drug-likeness (QED) is 0.836. The molecule has 1 aliphatic carbocycles. The molecule has 2 aliphatic rings. The Balaban J connectivity index is 1.56. The van der Waals surface area contributed by atoms with Crippen molar-refractivity contribution in [3.63, 3.8) is 0 Å². The van der Waals surface area contributed by atoms with E-state index >= 15 is 0 Å². The molecule has 4 rings (SSSR count). The summed E-state index contributed by atoms with van der Waals surface area (Å²) in [7, 11) is -3.57. The Morgan fingerprint density at radius 1 is 1.37 bits per heavy atom. The molecule has 8 nitrogen and oxygen atoms in total. The van der Waals surface area contributed by atoms with Crippen molar-refractivity contribution >= 4 is 10.0 Å². The van der Waals surface area contributed by atoms with Crippen LogP contribution in [-0.4, -0.2) is 52.6 Å². The van der Waals surface area contributed by atoms with Crippen LogP contribution in [0.2, 0.25) is 0 Å². The van der Waals surface area contributed by atoms with Gasteiger partial charge in [-0.1, -0.05) is 6.42 Å². The topological polar surface area (TPSA) is 101 Å². The Morgan fingerprint density at radius 2 is 2.19 bits per heavy atom. The molecule has 1 saturated heterocycles. The van der Waals surface area contributed by atoms with Crippen LogP contribution >= 0.6 is 0 Å². The van der Waals surface area contributed by atoms with E-state index in [1.807, 2.05) is 13.0 Å². The van der Waals surface area contributed by atoms with Gasteiger partial charge in [0.05, 0.1) is 18.0 Å². The summed E-state index contributed by atoms with van der Waals surface area (Å²) in [5, 5.41) is 6.84. The van der Waals surface area contributed by atoms with Crippen molar-refractivity contribution in [2.75, 3.05) is 19.7 Å². The molecule has 0 amide bonds. The number of aromatic amines is 1. The number of sulfonamides is 1. The lowest BCUT2D eigenvalue weighted by Crippen LogP contribution is -2.36. The number of aromatic nitrogens is 4. The largest absolute Gasteiger partial charge is 0.463 e. The van der Waals surface area contributed by atoms with Gasteiger partial charge < -0.3 is 4.74 Å². The van der Waals surface area contributed by atoms with E-state index in [2.05, 4.69) is 20.2 Å². The molecule has 1 N–H and O–H groups in total. The highest BCUT2D eigenvalue weighted by atomic mass is 32.2. The Labute approximate surface area is 159 Å². The Bertz CT molecular complexity index is 938. The summed E-state index contributed by atoms with van der Waals surface area (Å²) >= 11 is 0. The third kappa shape index (κ3) is 3.12. The second-order valence-corrected chi connectivity index (χ2v) is 9.66. The van der Waals surface area contributed by atoms with Gasteiger partial charge in [0.25, 0.3) is 0 Å². The Hall–Kier alpha value is -2.00. The summed E-state index contributed by atoms with van der Waals surface area (Å²) in [4.78, 5) is 8.77. The molecule has 3 heterocycles. The average Bonchev–Trinajstić information content (AvgIpc) is 3.25. The molecule has 2 aromatic heterocycles. The zero-order valence-electron chi connectivity index (χ0n) is 15.9. The standard InChI is InChI=1S/C18H25N5O3S/c1-12-6-8-19-17(20-12)26-11-18-7-4-5-15(18)9-23(10-18)27(24,25)16-13(2)21-22-14(16)3/h6,8,15H,4-5,7,9-11H2,1-3H3,(H,21,22). The average molecular weight is 391 g/mol. The highest BCUT2D eigenvalue weighted by molar-refractivity contribution is 7.89. The van der Waals surface area contributed by atoms with Crippen LogP contribution in [0.4, 0.5) is 0 Å². The lowest BCUT2D eigenvalue weighted by atomic mass is 9.82. The SMILES string of the molecule is Cc1ccnc(OCC23CCCC2CN(S(=O)(=O)c2c(C)n[nH]c2C)C3)n1. The van der Waals surface area contributed by atoms with E-state index in [9.17, 15) is 8.42 Å². The van der Waals surface area contributed by atoms with Crippen molar-refractivity contribution in [2.45, 2.75) is 44.9 Å². The molecule has 2 aromatic rings. The summed E-state index contributed by atoms with van der Waals surface area (Å²) in [6.07, 6.45) is 4.75. The predicted molar refractivity (Wildman–Crippen MR) is 98.9 cm³/mol. The number of nitrogens with zero attached hydrogens (tertiary/aromatic N) is 4. The molecule has 0 bridgehead atoms. The number of fused-ring (bicyclic) bond motifs is 1. The maximum atomic E-state index is 13.2. The van der Waals surface area contributed by atoms with E-state index in [1.165, 1.54) is 0 Å². The lowest BCUT2D eigenvalue weighted by Gasteiger charge is -2.28. The number of nitrogens with one attached hydrogen (secondary N) is 1. The van der Waals surface area contributed by atoms with Gasteiger partial charge in [0.1, 0.15) is 4.90 Å². The highest BCUT2D eigenvalue weighted by Crippen LogP contribution is 2.50. The number of aryl methyl sites for hydroxylation is 3. The summed E-state index contributed by atoms with van der Waals surface area (Å²) < 4.78 is 34.0. The predicted octanol–water partition coefficient (Wildman–Crippen LogP) is 1.99. The Kier molecular flexibility index (Phi) is 4.46. The molecule has 9 heteroatoms. The second kappa shape index (κ2) is 6.56. The third-order valence-corrected chi connectivity index (χ3v) is 8.00. The van der Waals surface area contributed by atoms with Gasteiger partial charge in [0.15, 0.2) is 0 Å². The summed E-state index contributed by atoms with van der Waals surface area (Å²) in [5.74, 6) is 0.296. The van der Waals surface area contributed by atoms with Crippen LogP contribution in [0.15, 0.2) is 17.2 Å². The molecule has 2 fully saturated rings. The maximum absolute atomic E-state index is 13.2.